The Hall–Kier alpha value is -2.53. The lowest BCUT2D eigenvalue weighted by atomic mass is 9.97. The molecule has 0 aliphatic heterocycles. The first-order valence-electron chi connectivity index (χ1n) is 15.5. The van der Waals surface area contributed by atoms with Crippen molar-refractivity contribution in [1.82, 2.24) is 24.7 Å². The van der Waals surface area contributed by atoms with Crippen LogP contribution in [0.3, 0.4) is 0 Å². The van der Waals surface area contributed by atoms with Gasteiger partial charge >= 0.3 is 11.9 Å². The quantitative estimate of drug-likeness (QED) is 0.203. The van der Waals surface area contributed by atoms with Gasteiger partial charge in [0.1, 0.15) is 35.2 Å². The van der Waals surface area contributed by atoms with E-state index in [2.05, 4.69) is 20.1 Å². The van der Waals surface area contributed by atoms with Crippen LogP contribution in [0.25, 0.3) is 11.2 Å². The molecule has 2 heterocycles. The molecule has 0 bridgehead atoms. The number of nitrogens with zero attached hydrogens (tertiary/aromatic N) is 3. The molecule has 240 valence electrons. The minimum Gasteiger partial charge on any atom is -0.461 e. The van der Waals surface area contributed by atoms with Gasteiger partial charge in [0.25, 0.3) is 0 Å². The van der Waals surface area contributed by atoms with E-state index in [1.54, 1.807) is 46.3 Å². The summed E-state index contributed by atoms with van der Waals surface area (Å²) in [4.78, 5) is 35.3. The number of carbonyl (C=O) groups excluding carboxylic acids is 2. The molecule has 43 heavy (non-hydrogen) atoms. The summed E-state index contributed by atoms with van der Waals surface area (Å²) in [5.41, 5.74) is 5.12. The van der Waals surface area contributed by atoms with Crippen molar-refractivity contribution in [3.05, 3.63) is 18.6 Å². The van der Waals surface area contributed by atoms with Gasteiger partial charge in [-0.3, -0.25) is 14.2 Å². The van der Waals surface area contributed by atoms with E-state index < -0.39 is 36.6 Å². The molecule has 0 saturated heterocycles. The largest absolute Gasteiger partial charge is 0.461 e. The Labute approximate surface area is 254 Å². The van der Waals surface area contributed by atoms with Crippen molar-refractivity contribution in [3.63, 3.8) is 0 Å². The van der Waals surface area contributed by atoms with Gasteiger partial charge in [-0.15, -0.1) is 0 Å². The molecule has 2 aliphatic carbocycles. The lowest BCUT2D eigenvalue weighted by molar-refractivity contribution is -0.156. The van der Waals surface area contributed by atoms with Crippen LogP contribution in [0.4, 0.5) is 5.69 Å². The molecule has 0 amide bonds. The predicted molar refractivity (Wildman–Crippen MR) is 165 cm³/mol. The van der Waals surface area contributed by atoms with Gasteiger partial charge in [0, 0.05) is 6.20 Å². The van der Waals surface area contributed by atoms with E-state index in [9.17, 15) is 14.2 Å². The normalized spacial score (nSPS) is 18.4. The fourth-order valence-corrected chi connectivity index (χ4v) is 8.37. The van der Waals surface area contributed by atoms with Crippen molar-refractivity contribution in [2.24, 2.45) is 0 Å². The van der Waals surface area contributed by atoms with Gasteiger partial charge in [0.2, 0.25) is 7.44 Å². The van der Waals surface area contributed by atoms with E-state index in [4.69, 9.17) is 19.9 Å². The zero-order valence-electron chi connectivity index (χ0n) is 26.3. The molecular weight excluding hydrogens is 571 g/mol. The monoisotopic (exact) mass is 620 g/mol. The molecule has 1 atom stereocenters. The van der Waals surface area contributed by atoms with Crippen LogP contribution < -0.4 is 15.9 Å². The SMILES string of the molecule is C[C@H](Cn1cnc2c(N)ccnc21)OCP(=O)(NC(C)(C)C(=O)OC1CCCCC1)NC(C)(C)C(=O)OC1CCCCC1. The summed E-state index contributed by atoms with van der Waals surface area (Å²) in [6.45, 7) is 8.75. The molecule has 0 unspecified atom stereocenters. The predicted octanol–water partition coefficient (Wildman–Crippen LogP) is 5.06. The molecule has 2 saturated carbocycles. The van der Waals surface area contributed by atoms with Gasteiger partial charge in [-0.05, 0) is 92.1 Å². The Morgan fingerprint density at radius 1 is 0.953 bits per heavy atom. The molecule has 0 radical (unpaired) electrons. The highest BCUT2D eigenvalue weighted by molar-refractivity contribution is 7.59. The molecule has 0 aromatic carbocycles. The van der Waals surface area contributed by atoms with Crippen LogP contribution in [-0.4, -0.2) is 62.2 Å². The third-order valence-electron chi connectivity index (χ3n) is 8.12. The first-order chi connectivity index (χ1) is 20.3. The van der Waals surface area contributed by atoms with Gasteiger partial charge in [-0.2, -0.15) is 0 Å². The highest BCUT2D eigenvalue weighted by Crippen LogP contribution is 2.43. The minimum absolute atomic E-state index is 0.152. The second-order valence-electron chi connectivity index (χ2n) is 13.1. The van der Waals surface area contributed by atoms with Crippen LogP contribution in [-0.2, 0) is 34.9 Å². The standard InChI is InChI=1S/C30H49N6O6P/c1-21(18-36-19-33-25-24(31)16-17-32-26(25)36)40-20-43(39,34-29(2,3)27(37)41-22-12-8-6-9-13-22)35-30(4,5)28(38)42-23-14-10-7-11-15-23/h16-17,19,21-23H,6-15,18,20H2,1-5H3,(H2,31,32)(H2,34,35,39)/t21-/m1/s1. The number of nitrogen functional groups attached to an aromatic ring is 1. The molecule has 13 heteroatoms. The molecule has 2 aromatic heterocycles. The number of carbonyl (C=O) groups is 2. The van der Waals surface area contributed by atoms with Crippen molar-refractivity contribution in [2.75, 3.05) is 12.1 Å². The molecule has 0 spiro atoms. The third kappa shape index (κ3) is 9.00. The first-order valence-corrected chi connectivity index (χ1v) is 17.4. The second kappa shape index (κ2) is 14.1. The number of hydrogen-bond donors (Lipinski definition) is 3. The van der Waals surface area contributed by atoms with Crippen LogP contribution in [0.15, 0.2) is 18.6 Å². The fourth-order valence-electron chi connectivity index (χ4n) is 5.73. The maximum Gasteiger partial charge on any atom is 0.326 e. The number of rotatable bonds is 13. The average molecular weight is 621 g/mol. The number of anilines is 1. The highest BCUT2D eigenvalue weighted by atomic mass is 31.2. The smallest absolute Gasteiger partial charge is 0.326 e. The van der Waals surface area contributed by atoms with E-state index in [0.717, 1.165) is 64.2 Å². The number of fused-ring (bicyclic) bond motifs is 1. The van der Waals surface area contributed by atoms with E-state index in [1.165, 1.54) is 0 Å². The van der Waals surface area contributed by atoms with E-state index in [0.29, 0.717) is 23.4 Å². The minimum atomic E-state index is -3.76. The average Bonchev–Trinajstić information content (AvgIpc) is 3.36. The van der Waals surface area contributed by atoms with Gasteiger partial charge < -0.3 is 24.5 Å². The van der Waals surface area contributed by atoms with Crippen molar-refractivity contribution < 1.29 is 28.4 Å². The van der Waals surface area contributed by atoms with E-state index in [-0.39, 0.29) is 18.6 Å². The summed E-state index contributed by atoms with van der Waals surface area (Å²) in [6.07, 6.45) is 11.9. The Bertz CT molecular complexity index is 1250. The number of aromatic nitrogens is 3. The van der Waals surface area contributed by atoms with Crippen LogP contribution >= 0.6 is 7.44 Å². The number of esters is 2. The van der Waals surface area contributed by atoms with Crippen LogP contribution in [0.5, 0.6) is 0 Å². The molecule has 2 aromatic rings. The van der Waals surface area contributed by atoms with Crippen LogP contribution in [0, 0.1) is 0 Å². The number of ether oxygens (including phenoxy) is 3. The van der Waals surface area contributed by atoms with Crippen molar-refractivity contribution in [2.45, 2.75) is 135 Å². The van der Waals surface area contributed by atoms with Crippen molar-refractivity contribution in [3.8, 4) is 0 Å². The number of pyridine rings is 1. The van der Waals surface area contributed by atoms with Crippen molar-refractivity contribution >= 4 is 36.2 Å². The number of nitrogens with one attached hydrogen (secondary N) is 2. The van der Waals surface area contributed by atoms with Crippen molar-refractivity contribution in [1.29, 1.82) is 0 Å². The molecule has 4 rings (SSSR count). The summed E-state index contributed by atoms with van der Waals surface area (Å²) in [5.74, 6) is -0.990. The second-order valence-corrected chi connectivity index (χ2v) is 15.3. The summed E-state index contributed by atoms with van der Waals surface area (Å²) < 4.78 is 34.2. The Morgan fingerprint density at radius 2 is 1.47 bits per heavy atom. The van der Waals surface area contributed by atoms with Gasteiger partial charge in [0.05, 0.1) is 24.7 Å². The summed E-state index contributed by atoms with van der Waals surface area (Å²) in [6, 6.07) is 1.69. The topological polar surface area (TPSA) is 160 Å². The zero-order valence-corrected chi connectivity index (χ0v) is 27.2. The lowest BCUT2D eigenvalue weighted by Crippen LogP contribution is -2.54. The van der Waals surface area contributed by atoms with Gasteiger partial charge in [0.15, 0.2) is 5.65 Å². The van der Waals surface area contributed by atoms with Crippen LogP contribution in [0.2, 0.25) is 0 Å². The zero-order chi connectivity index (χ0) is 31.3. The molecule has 4 N–H and O–H groups in total. The first kappa shape index (κ1) is 33.4. The lowest BCUT2D eigenvalue weighted by Gasteiger charge is -2.37. The van der Waals surface area contributed by atoms with Gasteiger partial charge in [-0.25, -0.2) is 20.1 Å². The molecule has 2 aliphatic rings. The molecular formula is C30H49N6O6P. The van der Waals surface area contributed by atoms with E-state index >= 15 is 0 Å². The Balaban J connectivity index is 1.47. The van der Waals surface area contributed by atoms with E-state index in [1.807, 2.05) is 11.5 Å². The third-order valence-corrected chi connectivity index (χ3v) is 10.5. The summed E-state index contributed by atoms with van der Waals surface area (Å²) in [5, 5.41) is 6.03. The molecule has 2 fully saturated rings. The number of imidazole rings is 1. The summed E-state index contributed by atoms with van der Waals surface area (Å²) in [7, 11) is -3.76. The Morgan fingerprint density at radius 3 is 1.98 bits per heavy atom. The van der Waals surface area contributed by atoms with Gasteiger partial charge in [-0.1, -0.05) is 12.8 Å². The van der Waals surface area contributed by atoms with Crippen LogP contribution in [0.1, 0.15) is 98.8 Å². The fraction of sp³-hybridized carbons (Fsp3) is 0.733. The maximum absolute atomic E-state index is 14.6. The number of hydrogen-bond acceptors (Lipinski definition) is 9. The molecule has 12 nitrogen and oxygen atoms in total. The Kier molecular flexibility index (Phi) is 10.9. The summed E-state index contributed by atoms with van der Waals surface area (Å²) >= 11 is 0. The highest BCUT2D eigenvalue weighted by Gasteiger charge is 2.44. The maximum atomic E-state index is 14.6. The number of nitrogens with two attached hydrogens (primary N) is 1.